The molecule has 3 heterocycles. The SMILES string of the molecule is C=CCN1CCN(C)C2(CCN(Cc3ccccn3)CC2)C1=O.O=C(O)C(F)(F)F.O=C(O)C(F)(F)F.O=C(O)C(F)(F)F. The highest BCUT2D eigenvalue weighted by Crippen LogP contribution is 2.33. The standard InChI is InChI=1S/C18H26N4O.3C2HF3O2/c1-3-10-22-14-13-20(2)18(17(22)23)7-11-21(12-8-18)15-16-6-4-5-9-19-16;3*3-2(4,5)1(6)7/h3-6,9H,1,7-8,10-15H2,2H3;3*(H,6,7). The number of likely N-dealkylation sites (tertiary alicyclic amines) is 1. The van der Waals surface area contributed by atoms with E-state index in [-0.39, 0.29) is 11.4 Å². The maximum atomic E-state index is 13.0. The van der Waals surface area contributed by atoms with Crippen LogP contribution in [0.4, 0.5) is 39.5 Å². The molecule has 0 aromatic carbocycles. The van der Waals surface area contributed by atoms with Crippen LogP contribution in [0.1, 0.15) is 18.5 Å². The molecule has 2 saturated heterocycles. The van der Waals surface area contributed by atoms with Crippen LogP contribution in [0.5, 0.6) is 0 Å². The summed E-state index contributed by atoms with van der Waals surface area (Å²) in [7, 11) is 2.09. The van der Waals surface area contributed by atoms with E-state index in [0.29, 0.717) is 6.54 Å². The van der Waals surface area contributed by atoms with Gasteiger partial charge < -0.3 is 20.2 Å². The van der Waals surface area contributed by atoms with Crippen molar-refractivity contribution in [2.75, 3.05) is 39.8 Å². The van der Waals surface area contributed by atoms with Crippen molar-refractivity contribution in [2.24, 2.45) is 0 Å². The van der Waals surface area contributed by atoms with Gasteiger partial charge >= 0.3 is 36.4 Å². The summed E-state index contributed by atoms with van der Waals surface area (Å²) in [5, 5.41) is 21.4. The van der Waals surface area contributed by atoms with E-state index < -0.39 is 36.4 Å². The summed E-state index contributed by atoms with van der Waals surface area (Å²) < 4.78 is 95.2. The molecule has 2 aliphatic heterocycles. The number of alkyl halides is 9. The molecule has 0 unspecified atom stereocenters. The number of pyridine rings is 1. The highest BCUT2D eigenvalue weighted by atomic mass is 19.4. The average Bonchev–Trinajstić information content (AvgIpc) is 2.90. The Morgan fingerprint density at radius 1 is 0.864 bits per heavy atom. The molecular weight excluding hydrogens is 627 g/mol. The first-order valence-corrected chi connectivity index (χ1v) is 12.1. The molecule has 44 heavy (non-hydrogen) atoms. The van der Waals surface area contributed by atoms with Crippen molar-refractivity contribution in [3.05, 3.63) is 42.7 Å². The first-order valence-electron chi connectivity index (χ1n) is 12.1. The van der Waals surface area contributed by atoms with Crippen molar-refractivity contribution < 1.29 is 74.0 Å². The Morgan fingerprint density at radius 2 is 1.30 bits per heavy atom. The summed E-state index contributed by atoms with van der Waals surface area (Å²) in [6.45, 7) is 8.93. The molecular formula is C24H29F9N4O7. The van der Waals surface area contributed by atoms with E-state index in [2.05, 4.69) is 34.5 Å². The summed E-state index contributed by atoms with van der Waals surface area (Å²) in [6, 6.07) is 6.03. The Morgan fingerprint density at radius 3 is 1.64 bits per heavy atom. The number of carbonyl (C=O) groups is 4. The van der Waals surface area contributed by atoms with Gasteiger partial charge in [0.05, 0.1) is 5.69 Å². The summed E-state index contributed by atoms with van der Waals surface area (Å²) in [5.41, 5.74) is 0.780. The monoisotopic (exact) mass is 656 g/mol. The quantitative estimate of drug-likeness (QED) is 0.326. The number of rotatable bonds is 4. The van der Waals surface area contributed by atoms with Crippen LogP contribution >= 0.6 is 0 Å². The van der Waals surface area contributed by atoms with Gasteiger partial charge in [-0.05, 0) is 32.0 Å². The lowest BCUT2D eigenvalue weighted by Crippen LogP contribution is -2.67. The van der Waals surface area contributed by atoms with Gasteiger partial charge in [0, 0.05) is 45.5 Å². The average molecular weight is 656 g/mol. The number of amides is 1. The molecule has 0 saturated carbocycles. The van der Waals surface area contributed by atoms with E-state index in [1.165, 1.54) is 0 Å². The Bertz CT molecular complexity index is 1050. The van der Waals surface area contributed by atoms with Gasteiger partial charge in [-0.2, -0.15) is 39.5 Å². The van der Waals surface area contributed by atoms with Gasteiger partial charge in [0.1, 0.15) is 5.54 Å². The molecule has 1 aromatic rings. The number of carboxylic acid groups (broad SMARTS) is 3. The van der Waals surface area contributed by atoms with Gasteiger partial charge in [-0.25, -0.2) is 14.4 Å². The van der Waals surface area contributed by atoms with Crippen LogP contribution in [0.2, 0.25) is 0 Å². The van der Waals surface area contributed by atoms with Crippen LogP contribution in [0.15, 0.2) is 37.1 Å². The topological polar surface area (TPSA) is 152 Å². The molecule has 3 rings (SSSR count). The fraction of sp³-hybridized carbons (Fsp3) is 0.542. The number of halogens is 9. The summed E-state index contributed by atoms with van der Waals surface area (Å²) in [5.74, 6) is -7.99. The van der Waals surface area contributed by atoms with Crippen LogP contribution in [0.25, 0.3) is 0 Å². The second-order valence-corrected chi connectivity index (χ2v) is 9.00. The van der Waals surface area contributed by atoms with E-state index in [4.69, 9.17) is 29.7 Å². The third-order valence-electron chi connectivity index (χ3n) is 5.99. The molecule has 2 aliphatic rings. The number of nitrogens with zero attached hydrogens (tertiary/aromatic N) is 4. The smallest absolute Gasteiger partial charge is 0.475 e. The van der Waals surface area contributed by atoms with E-state index >= 15 is 0 Å². The fourth-order valence-corrected chi connectivity index (χ4v) is 3.77. The largest absolute Gasteiger partial charge is 0.490 e. The van der Waals surface area contributed by atoms with Crippen molar-refractivity contribution in [1.29, 1.82) is 0 Å². The predicted octanol–water partition coefficient (Wildman–Crippen LogP) is 3.28. The number of carboxylic acids is 3. The van der Waals surface area contributed by atoms with Gasteiger partial charge in [0.2, 0.25) is 5.91 Å². The van der Waals surface area contributed by atoms with Crippen molar-refractivity contribution in [1.82, 2.24) is 19.7 Å². The number of aromatic nitrogens is 1. The molecule has 0 bridgehead atoms. The third kappa shape index (κ3) is 13.6. The van der Waals surface area contributed by atoms with E-state index in [1.807, 2.05) is 29.3 Å². The molecule has 20 heteroatoms. The molecule has 2 fully saturated rings. The van der Waals surface area contributed by atoms with E-state index in [0.717, 1.165) is 51.3 Å². The van der Waals surface area contributed by atoms with Gasteiger partial charge in [-0.15, -0.1) is 6.58 Å². The molecule has 0 aliphatic carbocycles. The molecule has 0 radical (unpaired) electrons. The highest BCUT2D eigenvalue weighted by molar-refractivity contribution is 5.87. The lowest BCUT2D eigenvalue weighted by Gasteiger charge is -2.51. The maximum absolute atomic E-state index is 13.0. The van der Waals surface area contributed by atoms with Crippen molar-refractivity contribution in [3.63, 3.8) is 0 Å². The summed E-state index contributed by atoms with van der Waals surface area (Å²) in [6.07, 6.45) is -9.80. The van der Waals surface area contributed by atoms with Gasteiger partial charge in [-0.3, -0.25) is 19.6 Å². The van der Waals surface area contributed by atoms with Crippen LogP contribution in [0.3, 0.4) is 0 Å². The number of hydrogen-bond acceptors (Lipinski definition) is 7. The molecule has 1 amide bonds. The van der Waals surface area contributed by atoms with Crippen LogP contribution < -0.4 is 0 Å². The van der Waals surface area contributed by atoms with E-state index in [9.17, 15) is 44.3 Å². The number of aliphatic carboxylic acids is 3. The number of hydrogen-bond donors (Lipinski definition) is 3. The highest BCUT2D eigenvalue weighted by Gasteiger charge is 2.49. The van der Waals surface area contributed by atoms with Crippen LogP contribution in [0, 0.1) is 0 Å². The Labute approximate surface area is 244 Å². The summed E-state index contributed by atoms with van der Waals surface area (Å²) in [4.78, 5) is 50.7. The zero-order valence-electron chi connectivity index (χ0n) is 22.9. The molecule has 11 nitrogen and oxygen atoms in total. The first kappa shape index (κ1) is 40.1. The normalized spacial score (nSPS) is 17.1. The molecule has 250 valence electrons. The minimum atomic E-state index is -5.08. The van der Waals surface area contributed by atoms with Gasteiger partial charge in [0.25, 0.3) is 0 Å². The van der Waals surface area contributed by atoms with Crippen molar-refractivity contribution >= 4 is 23.8 Å². The maximum Gasteiger partial charge on any atom is 0.490 e. The van der Waals surface area contributed by atoms with Crippen LogP contribution in [-0.4, -0.2) is 123 Å². The Kier molecular flexibility index (Phi) is 15.3. The summed E-state index contributed by atoms with van der Waals surface area (Å²) >= 11 is 0. The first-order chi connectivity index (χ1) is 20.0. The number of carbonyl (C=O) groups excluding carboxylic acids is 1. The van der Waals surface area contributed by atoms with E-state index in [1.54, 1.807) is 0 Å². The zero-order chi connectivity index (χ0) is 34.5. The minimum Gasteiger partial charge on any atom is -0.475 e. The Hall–Kier alpha value is -3.94. The molecule has 0 atom stereocenters. The van der Waals surface area contributed by atoms with Crippen molar-refractivity contribution in [2.45, 2.75) is 43.5 Å². The second-order valence-electron chi connectivity index (χ2n) is 9.00. The number of piperidine rings is 1. The van der Waals surface area contributed by atoms with Gasteiger partial charge in [0.15, 0.2) is 0 Å². The lowest BCUT2D eigenvalue weighted by molar-refractivity contribution is -0.193. The van der Waals surface area contributed by atoms with Crippen LogP contribution in [-0.2, 0) is 25.7 Å². The molecule has 1 aromatic heterocycles. The lowest BCUT2D eigenvalue weighted by atomic mass is 9.82. The predicted molar refractivity (Wildman–Crippen MR) is 132 cm³/mol. The fourth-order valence-electron chi connectivity index (χ4n) is 3.77. The third-order valence-corrected chi connectivity index (χ3v) is 5.99. The second kappa shape index (κ2) is 16.8. The Balaban J connectivity index is 0.000000721. The minimum absolute atomic E-state index is 0.281. The van der Waals surface area contributed by atoms with Crippen molar-refractivity contribution in [3.8, 4) is 0 Å². The number of piperazine rings is 1. The number of likely N-dealkylation sites (N-methyl/N-ethyl adjacent to an activating group) is 1. The molecule has 1 spiro atoms. The van der Waals surface area contributed by atoms with Gasteiger partial charge in [-0.1, -0.05) is 12.1 Å². The zero-order valence-corrected chi connectivity index (χ0v) is 22.9. The molecule has 3 N–H and O–H groups in total.